The summed E-state index contributed by atoms with van der Waals surface area (Å²) in [7, 11) is 1.49. The van der Waals surface area contributed by atoms with Gasteiger partial charge < -0.3 is 4.74 Å². The van der Waals surface area contributed by atoms with E-state index in [2.05, 4.69) is 15.9 Å². The van der Waals surface area contributed by atoms with Crippen molar-refractivity contribution in [1.82, 2.24) is 0 Å². The van der Waals surface area contributed by atoms with Crippen molar-refractivity contribution in [3.05, 3.63) is 28.3 Å². The summed E-state index contributed by atoms with van der Waals surface area (Å²) in [6.45, 7) is 1.73. The van der Waals surface area contributed by atoms with E-state index >= 15 is 0 Å². The van der Waals surface area contributed by atoms with Crippen LogP contribution in [0, 0.1) is 6.92 Å². The summed E-state index contributed by atoms with van der Waals surface area (Å²) >= 11 is 8.85. The van der Waals surface area contributed by atoms with Gasteiger partial charge >= 0.3 is 0 Å². The van der Waals surface area contributed by atoms with Crippen LogP contribution in [0.15, 0.2) is 12.1 Å². The van der Waals surface area contributed by atoms with E-state index in [1.54, 1.807) is 13.0 Å². The van der Waals surface area contributed by atoms with Crippen molar-refractivity contribution in [2.24, 2.45) is 0 Å². The summed E-state index contributed by atoms with van der Waals surface area (Å²) in [5, 5.41) is 0.327. The standard InChI is InChI=1S/C11H10BrClO3/c1-6-3-10(16-2)8(13)4-7(6)11(15)9(14)5-12/h3-4H,5H2,1-2H3. The summed E-state index contributed by atoms with van der Waals surface area (Å²) in [4.78, 5) is 22.9. The third kappa shape index (κ3) is 2.62. The second kappa shape index (κ2) is 5.46. The predicted molar refractivity (Wildman–Crippen MR) is 65.9 cm³/mol. The van der Waals surface area contributed by atoms with Gasteiger partial charge in [0.15, 0.2) is 0 Å². The Morgan fingerprint density at radius 3 is 2.56 bits per heavy atom. The number of alkyl halides is 1. The van der Waals surface area contributed by atoms with Crippen LogP contribution in [-0.2, 0) is 4.79 Å². The number of aryl methyl sites for hydroxylation is 1. The van der Waals surface area contributed by atoms with Crippen molar-refractivity contribution in [3.63, 3.8) is 0 Å². The summed E-state index contributed by atoms with van der Waals surface area (Å²) in [5.41, 5.74) is 0.982. The molecule has 0 spiro atoms. The van der Waals surface area contributed by atoms with E-state index < -0.39 is 11.6 Å². The normalized spacial score (nSPS) is 10.0. The van der Waals surface area contributed by atoms with Crippen LogP contribution in [0.4, 0.5) is 0 Å². The molecule has 1 rings (SSSR count). The van der Waals surface area contributed by atoms with Crippen molar-refractivity contribution in [3.8, 4) is 5.75 Å². The quantitative estimate of drug-likeness (QED) is 0.488. The Kier molecular flexibility index (Phi) is 4.50. The van der Waals surface area contributed by atoms with Crippen molar-refractivity contribution in [2.75, 3.05) is 12.4 Å². The summed E-state index contributed by atoms with van der Waals surface area (Å²) in [6.07, 6.45) is 0. The maximum atomic E-state index is 11.7. The molecule has 0 saturated heterocycles. The van der Waals surface area contributed by atoms with Crippen LogP contribution in [0.1, 0.15) is 15.9 Å². The Hall–Kier alpha value is -0.870. The van der Waals surface area contributed by atoms with Gasteiger partial charge in [-0.2, -0.15) is 0 Å². The average molecular weight is 306 g/mol. The molecule has 86 valence electrons. The number of benzene rings is 1. The molecule has 0 heterocycles. The molecule has 3 nitrogen and oxygen atoms in total. The Morgan fingerprint density at radius 2 is 2.06 bits per heavy atom. The van der Waals surface area contributed by atoms with Crippen molar-refractivity contribution >= 4 is 39.1 Å². The predicted octanol–water partition coefficient (Wildman–Crippen LogP) is 2.80. The zero-order valence-electron chi connectivity index (χ0n) is 8.84. The lowest BCUT2D eigenvalue weighted by atomic mass is 10.0. The molecule has 0 aliphatic heterocycles. The third-order valence-corrected chi connectivity index (χ3v) is 2.92. The SMILES string of the molecule is COc1cc(C)c(C(=O)C(=O)CBr)cc1Cl. The Labute approximate surface area is 107 Å². The maximum Gasteiger partial charge on any atom is 0.229 e. The highest BCUT2D eigenvalue weighted by atomic mass is 79.9. The molecule has 0 amide bonds. The van der Waals surface area contributed by atoms with Gasteiger partial charge in [0, 0.05) is 5.56 Å². The molecule has 0 aromatic heterocycles. The molecule has 5 heteroatoms. The molecule has 0 aliphatic rings. The summed E-state index contributed by atoms with van der Waals surface area (Å²) in [6, 6.07) is 3.09. The van der Waals surface area contributed by atoms with Gasteiger partial charge in [-0.1, -0.05) is 27.5 Å². The van der Waals surface area contributed by atoms with Gasteiger partial charge in [-0.05, 0) is 24.6 Å². The van der Waals surface area contributed by atoms with Crippen molar-refractivity contribution < 1.29 is 14.3 Å². The molecule has 1 aromatic rings. The first-order valence-electron chi connectivity index (χ1n) is 4.49. The van der Waals surface area contributed by atoms with E-state index in [9.17, 15) is 9.59 Å². The minimum atomic E-state index is -0.543. The van der Waals surface area contributed by atoms with Crippen molar-refractivity contribution in [1.29, 1.82) is 0 Å². The molecular formula is C11H10BrClO3. The lowest BCUT2D eigenvalue weighted by Gasteiger charge is -2.08. The average Bonchev–Trinajstić information content (AvgIpc) is 2.29. The van der Waals surface area contributed by atoms with Gasteiger partial charge in [-0.15, -0.1) is 0 Å². The number of ether oxygens (including phenoxy) is 1. The van der Waals surface area contributed by atoms with Crippen molar-refractivity contribution in [2.45, 2.75) is 6.92 Å². The first kappa shape index (κ1) is 13.2. The molecule has 1 aromatic carbocycles. The van der Waals surface area contributed by atoms with Crippen LogP contribution in [0.3, 0.4) is 0 Å². The Balaban J connectivity index is 3.21. The molecule has 0 radical (unpaired) electrons. The fourth-order valence-electron chi connectivity index (χ4n) is 1.27. The van der Waals surface area contributed by atoms with Crippen LogP contribution in [0.2, 0.25) is 5.02 Å². The molecule has 0 saturated carbocycles. The molecule has 16 heavy (non-hydrogen) atoms. The van der Waals surface area contributed by atoms with Gasteiger partial charge in [-0.25, -0.2) is 0 Å². The van der Waals surface area contributed by atoms with Gasteiger partial charge in [0.1, 0.15) is 5.75 Å². The second-order valence-corrected chi connectivity index (χ2v) is 4.16. The minimum absolute atomic E-state index is 0.00885. The molecule has 0 aliphatic carbocycles. The highest BCUT2D eigenvalue weighted by molar-refractivity contribution is 9.09. The zero-order valence-corrected chi connectivity index (χ0v) is 11.2. The van der Waals surface area contributed by atoms with E-state index in [1.165, 1.54) is 13.2 Å². The number of methoxy groups -OCH3 is 1. The lowest BCUT2D eigenvalue weighted by Crippen LogP contribution is -2.16. The molecule has 0 bridgehead atoms. The summed E-state index contributed by atoms with van der Waals surface area (Å²) in [5.74, 6) is -0.551. The van der Waals surface area contributed by atoms with Crippen LogP contribution in [0.25, 0.3) is 0 Å². The maximum absolute atomic E-state index is 11.7. The fourth-order valence-corrected chi connectivity index (χ4v) is 1.76. The summed E-state index contributed by atoms with van der Waals surface area (Å²) < 4.78 is 5.01. The zero-order chi connectivity index (χ0) is 12.3. The molecule has 0 fully saturated rings. The number of hydrogen-bond donors (Lipinski definition) is 0. The first-order chi connectivity index (χ1) is 7.51. The van der Waals surface area contributed by atoms with Crippen LogP contribution in [-0.4, -0.2) is 24.0 Å². The number of carbonyl (C=O) groups is 2. The van der Waals surface area contributed by atoms with Crippen LogP contribution >= 0.6 is 27.5 Å². The second-order valence-electron chi connectivity index (χ2n) is 3.19. The number of carbonyl (C=O) groups excluding carboxylic acids is 2. The van der Waals surface area contributed by atoms with E-state index in [0.717, 1.165) is 0 Å². The Morgan fingerprint density at radius 1 is 1.44 bits per heavy atom. The smallest absolute Gasteiger partial charge is 0.229 e. The van der Waals surface area contributed by atoms with E-state index in [4.69, 9.17) is 16.3 Å². The first-order valence-corrected chi connectivity index (χ1v) is 5.98. The number of hydrogen-bond acceptors (Lipinski definition) is 3. The van der Waals surface area contributed by atoms with Gasteiger partial charge in [0.25, 0.3) is 0 Å². The van der Waals surface area contributed by atoms with Gasteiger partial charge in [0.2, 0.25) is 11.6 Å². The Bertz CT molecular complexity index is 443. The molecular weight excluding hydrogens is 295 g/mol. The largest absolute Gasteiger partial charge is 0.495 e. The number of rotatable bonds is 4. The number of Topliss-reactive ketones (excluding diaryl/α,β-unsaturated/α-hetero) is 2. The highest BCUT2D eigenvalue weighted by Gasteiger charge is 2.18. The van der Waals surface area contributed by atoms with Gasteiger partial charge in [-0.3, -0.25) is 9.59 Å². The monoisotopic (exact) mass is 304 g/mol. The third-order valence-electron chi connectivity index (χ3n) is 2.12. The topological polar surface area (TPSA) is 43.4 Å². The fraction of sp³-hybridized carbons (Fsp3) is 0.273. The van der Waals surface area contributed by atoms with E-state index in [0.29, 0.717) is 21.9 Å². The van der Waals surface area contributed by atoms with E-state index in [-0.39, 0.29) is 5.33 Å². The highest BCUT2D eigenvalue weighted by Crippen LogP contribution is 2.28. The number of halogens is 2. The van der Waals surface area contributed by atoms with Crippen LogP contribution in [0.5, 0.6) is 5.75 Å². The lowest BCUT2D eigenvalue weighted by molar-refractivity contribution is -0.112. The molecule has 0 N–H and O–H groups in total. The minimum Gasteiger partial charge on any atom is -0.495 e. The van der Waals surface area contributed by atoms with Gasteiger partial charge in [0.05, 0.1) is 17.5 Å². The van der Waals surface area contributed by atoms with E-state index in [1.807, 2.05) is 0 Å². The van der Waals surface area contributed by atoms with Crippen LogP contribution < -0.4 is 4.74 Å². The molecule has 0 unspecified atom stereocenters. The number of ketones is 2. The molecule has 0 atom stereocenters.